The standard InChI is InChI=1S/C18H28N2O/c1-3-14-8-7-9-15(4-2)18(14)20-17(21)12-13-19-16-10-5-6-11-16/h7-9,16,19H,3-6,10-13H2,1-2H3,(H,20,21). The van der Waals surface area contributed by atoms with E-state index in [-0.39, 0.29) is 5.91 Å². The number of carbonyl (C=O) groups is 1. The van der Waals surface area contributed by atoms with E-state index in [4.69, 9.17) is 0 Å². The zero-order valence-electron chi connectivity index (χ0n) is 13.4. The van der Waals surface area contributed by atoms with Crippen molar-refractivity contribution in [2.75, 3.05) is 11.9 Å². The molecule has 3 heteroatoms. The molecule has 1 aliphatic rings. The summed E-state index contributed by atoms with van der Waals surface area (Å²) in [6, 6.07) is 6.92. The van der Waals surface area contributed by atoms with E-state index in [0.29, 0.717) is 12.5 Å². The minimum Gasteiger partial charge on any atom is -0.326 e. The molecule has 1 aromatic rings. The molecular formula is C18H28N2O. The molecule has 0 aromatic heterocycles. The van der Waals surface area contributed by atoms with Gasteiger partial charge in [0.1, 0.15) is 0 Å². The van der Waals surface area contributed by atoms with Crippen molar-refractivity contribution in [1.82, 2.24) is 5.32 Å². The van der Waals surface area contributed by atoms with Crippen molar-refractivity contribution in [3.8, 4) is 0 Å². The maximum Gasteiger partial charge on any atom is 0.225 e. The smallest absolute Gasteiger partial charge is 0.225 e. The first-order chi connectivity index (χ1) is 10.2. The van der Waals surface area contributed by atoms with E-state index in [2.05, 4.69) is 42.7 Å². The van der Waals surface area contributed by atoms with E-state index in [9.17, 15) is 4.79 Å². The van der Waals surface area contributed by atoms with Gasteiger partial charge in [-0.05, 0) is 36.8 Å². The Bertz CT molecular complexity index is 442. The summed E-state index contributed by atoms with van der Waals surface area (Å²) in [4.78, 5) is 12.2. The predicted octanol–water partition coefficient (Wildman–Crippen LogP) is 3.67. The Morgan fingerprint density at radius 3 is 2.33 bits per heavy atom. The Morgan fingerprint density at radius 2 is 1.76 bits per heavy atom. The topological polar surface area (TPSA) is 41.1 Å². The highest BCUT2D eigenvalue weighted by atomic mass is 16.1. The van der Waals surface area contributed by atoms with E-state index < -0.39 is 0 Å². The lowest BCUT2D eigenvalue weighted by molar-refractivity contribution is -0.116. The number of amides is 1. The molecule has 0 bridgehead atoms. The molecule has 21 heavy (non-hydrogen) atoms. The van der Waals surface area contributed by atoms with Gasteiger partial charge in [0.15, 0.2) is 0 Å². The Labute approximate surface area is 128 Å². The molecule has 0 radical (unpaired) electrons. The van der Waals surface area contributed by atoms with Gasteiger partial charge in [0.2, 0.25) is 5.91 Å². The third kappa shape index (κ3) is 4.57. The fourth-order valence-electron chi connectivity index (χ4n) is 3.12. The number of hydrogen-bond donors (Lipinski definition) is 2. The summed E-state index contributed by atoms with van der Waals surface area (Å²) < 4.78 is 0. The quantitative estimate of drug-likeness (QED) is 0.803. The third-order valence-electron chi connectivity index (χ3n) is 4.40. The highest BCUT2D eigenvalue weighted by Gasteiger charge is 2.15. The molecule has 0 spiro atoms. The Balaban J connectivity index is 1.86. The first kappa shape index (κ1) is 16.0. The van der Waals surface area contributed by atoms with Gasteiger partial charge in [-0.1, -0.05) is 44.9 Å². The van der Waals surface area contributed by atoms with Crippen LogP contribution in [-0.4, -0.2) is 18.5 Å². The van der Waals surface area contributed by atoms with Crippen LogP contribution in [0.4, 0.5) is 5.69 Å². The van der Waals surface area contributed by atoms with Crippen molar-refractivity contribution in [3.63, 3.8) is 0 Å². The highest BCUT2D eigenvalue weighted by Crippen LogP contribution is 2.22. The molecule has 1 amide bonds. The first-order valence-electron chi connectivity index (χ1n) is 8.38. The van der Waals surface area contributed by atoms with Crippen molar-refractivity contribution < 1.29 is 4.79 Å². The normalized spacial score (nSPS) is 15.3. The first-order valence-corrected chi connectivity index (χ1v) is 8.38. The molecule has 1 aromatic carbocycles. The van der Waals surface area contributed by atoms with Crippen LogP contribution in [0.5, 0.6) is 0 Å². The zero-order valence-corrected chi connectivity index (χ0v) is 13.4. The molecule has 3 nitrogen and oxygen atoms in total. The Kier molecular flexibility index (Phi) is 6.24. The van der Waals surface area contributed by atoms with Gasteiger partial charge in [-0.15, -0.1) is 0 Å². The van der Waals surface area contributed by atoms with E-state index in [0.717, 1.165) is 25.1 Å². The monoisotopic (exact) mass is 288 g/mol. The third-order valence-corrected chi connectivity index (χ3v) is 4.40. The molecule has 1 aliphatic carbocycles. The van der Waals surface area contributed by atoms with Gasteiger partial charge in [-0.3, -0.25) is 4.79 Å². The van der Waals surface area contributed by atoms with Crippen LogP contribution in [0.3, 0.4) is 0 Å². The van der Waals surface area contributed by atoms with Crippen molar-refractivity contribution >= 4 is 11.6 Å². The fourth-order valence-corrected chi connectivity index (χ4v) is 3.12. The number of rotatable bonds is 7. The predicted molar refractivity (Wildman–Crippen MR) is 88.7 cm³/mol. The largest absolute Gasteiger partial charge is 0.326 e. The number of hydrogen-bond acceptors (Lipinski definition) is 2. The van der Waals surface area contributed by atoms with Crippen LogP contribution in [0.2, 0.25) is 0 Å². The molecule has 0 unspecified atom stereocenters. The van der Waals surface area contributed by atoms with Crippen molar-refractivity contribution in [2.24, 2.45) is 0 Å². The summed E-state index contributed by atoms with van der Waals surface area (Å²) in [5.74, 6) is 0.121. The summed E-state index contributed by atoms with van der Waals surface area (Å²) in [7, 11) is 0. The molecule has 116 valence electrons. The van der Waals surface area contributed by atoms with Gasteiger partial charge >= 0.3 is 0 Å². The van der Waals surface area contributed by atoms with E-state index in [1.165, 1.54) is 36.8 Å². The molecule has 1 fully saturated rings. The number of para-hydroxylation sites is 1. The van der Waals surface area contributed by atoms with Crippen molar-refractivity contribution in [1.29, 1.82) is 0 Å². The summed E-state index contributed by atoms with van der Waals surface area (Å²) >= 11 is 0. The number of nitrogens with one attached hydrogen (secondary N) is 2. The van der Waals surface area contributed by atoms with E-state index in [1.807, 2.05) is 0 Å². The second-order valence-electron chi connectivity index (χ2n) is 5.89. The lowest BCUT2D eigenvalue weighted by Gasteiger charge is -2.15. The second-order valence-corrected chi connectivity index (χ2v) is 5.89. The summed E-state index contributed by atoms with van der Waals surface area (Å²) in [5.41, 5.74) is 3.49. The van der Waals surface area contributed by atoms with E-state index in [1.54, 1.807) is 0 Å². The summed E-state index contributed by atoms with van der Waals surface area (Å²) in [5, 5.41) is 6.62. The Hall–Kier alpha value is -1.35. The average Bonchev–Trinajstić information content (AvgIpc) is 3.00. The SMILES string of the molecule is CCc1cccc(CC)c1NC(=O)CCNC1CCCC1. The molecule has 2 N–H and O–H groups in total. The Morgan fingerprint density at radius 1 is 1.14 bits per heavy atom. The molecule has 0 aliphatic heterocycles. The van der Waals surface area contributed by atoms with Crippen LogP contribution < -0.4 is 10.6 Å². The average molecular weight is 288 g/mol. The lowest BCUT2D eigenvalue weighted by Crippen LogP contribution is -2.29. The molecule has 0 saturated heterocycles. The number of benzene rings is 1. The minimum absolute atomic E-state index is 0.121. The van der Waals surface area contributed by atoms with Crippen LogP contribution in [0, 0.1) is 0 Å². The minimum atomic E-state index is 0.121. The van der Waals surface area contributed by atoms with Gasteiger partial charge in [0.05, 0.1) is 0 Å². The summed E-state index contributed by atoms with van der Waals surface area (Å²) in [6.07, 6.45) is 7.63. The highest BCUT2D eigenvalue weighted by molar-refractivity contribution is 5.92. The molecule has 1 saturated carbocycles. The maximum absolute atomic E-state index is 12.2. The van der Waals surface area contributed by atoms with Gasteiger partial charge in [-0.2, -0.15) is 0 Å². The van der Waals surface area contributed by atoms with Gasteiger partial charge in [0, 0.05) is 24.7 Å². The van der Waals surface area contributed by atoms with Gasteiger partial charge < -0.3 is 10.6 Å². The molecule has 0 atom stereocenters. The summed E-state index contributed by atoms with van der Waals surface area (Å²) in [6.45, 7) is 5.05. The number of carbonyl (C=O) groups excluding carboxylic acids is 1. The maximum atomic E-state index is 12.2. The van der Waals surface area contributed by atoms with Crippen LogP contribution in [0.15, 0.2) is 18.2 Å². The van der Waals surface area contributed by atoms with Crippen LogP contribution in [0.1, 0.15) is 57.1 Å². The van der Waals surface area contributed by atoms with Crippen LogP contribution in [0.25, 0.3) is 0 Å². The van der Waals surface area contributed by atoms with Gasteiger partial charge in [0.25, 0.3) is 0 Å². The van der Waals surface area contributed by atoms with Crippen LogP contribution >= 0.6 is 0 Å². The fraction of sp³-hybridized carbons (Fsp3) is 0.611. The second kappa shape index (κ2) is 8.18. The van der Waals surface area contributed by atoms with E-state index >= 15 is 0 Å². The van der Waals surface area contributed by atoms with Crippen LogP contribution in [-0.2, 0) is 17.6 Å². The van der Waals surface area contributed by atoms with Crippen molar-refractivity contribution in [2.45, 2.75) is 64.8 Å². The number of anilines is 1. The lowest BCUT2D eigenvalue weighted by atomic mass is 10.0. The van der Waals surface area contributed by atoms with Crippen molar-refractivity contribution in [3.05, 3.63) is 29.3 Å². The van der Waals surface area contributed by atoms with Gasteiger partial charge in [-0.25, -0.2) is 0 Å². The molecular weight excluding hydrogens is 260 g/mol. The zero-order chi connectivity index (χ0) is 15.1. The molecule has 0 heterocycles. The number of aryl methyl sites for hydroxylation is 2. The molecule has 2 rings (SSSR count).